The zero-order chi connectivity index (χ0) is 10.1. The van der Waals surface area contributed by atoms with Crippen molar-refractivity contribution < 1.29 is 13.5 Å². The van der Waals surface area contributed by atoms with Gasteiger partial charge >= 0.3 is 0 Å². The Morgan fingerprint density at radius 2 is 2.15 bits per heavy atom. The second kappa shape index (κ2) is 3.94. The molecule has 1 aliphatic heterocycles. The second-order valence-electron chi connectivity index (χ2n) is 3.79. The van der Waals surface area contributed by atoms with E-state index in [0.717, 1.165) is 6.42 Å². The molecule has 4 nitrogen and oxygen atoms in total. The number of aliphatic hydroxyl groups excluding tert-OH is 1. The summed E-state index contributed by atoms with van der Waals surface area (Å²) in [5.74, 6) is 0.133. The Balaban J connectivity index is 2.66. The third-order valence-electron chi connectivity index (χ3n) is 2.46. The van der Waals surface area contributed by atoms with Gasteiger partial charge < -0.3 is 5.11 Å². The Labute approximate surface area is 79.6 Å². The van der Waals surface area contributed by atoms with Crippen molar-refractivity contribution in [2.75, 3.05) is 19.7 Å². The van der Waals surface area contributed by atoms with Crippen LogP contribution in [-0.4, -0.2) is 42.8 Å². The lowest BCUT2D eigenvalue weighted by atomic mass is 10.1. The first-order valence-corrected chi connectivity index (χ1v) is 6.08. The highest BCUT2D eigenvalue weighted by Gasteiger charge is 2.32. The molecule has 78 valence electrons. The number of aliphatic hydroxyl groups is 1. The molecule has 0 spiro atoms. The maximum Gasteiger partial charge on any atom is 0.216 e. The number of sulfonamides is 1. The number of rotatable bonds is 3. The van der Waals surface area contributed by atoms with Gasteiger partial charge in [0, 0.05) is 19.7 Å². The van der Waals surface area contributed by atoms with Gasteiger partial charge in [-0.05, 0) is 26.2 Å². The van der Waals surface area contributed by atoms with E-state index in [1.165, 1.54) is 4.31 Å². The molecule has 1 atom stereocenters. The van der Waals surface area contributed by atoms with Crippen LogP contribution in [0.15, 0.2) is 0 Å². The molecule has 1 rings (SSSR count). The minimum atomic E-state index is -3.10. The highest BCUT2D eigenvalue weighted by atomic mass is 32.2. The molecule has 1 saturated heterocycles. The van der Waals surface area contributed by atoms with Gasteiger partial charge in [-0.3, -0.25) is 0 Å². The van der Waals surface area contributed by atoms with Crippen molar-refractivity contribution in [2.45, 2.75) is 25.5 Å². The lowest BCUT2D eigenvalue weighted by Gasteiger charge is -2.18. The van der Waals surface area contributed by atoms with E-state index in [1.807, 2.05) is 0 Å². The molecule has 0 saturated carbocycles. The Morgan fingerprint density at radius 1 is 1.54 bits per heavy atom. The van der Waals surface area contributed by atoms with Crippen molar-refractivity contribution in [3.05, 3.63) is 0 Å². The molecule has 1 heterocycles. The Hall–Kier alpha value is -0.130. The minimum Gasteiger partial charge on any atom is -0.396 e. The Morgan fingerprint density at radius 3 is 2.54 bits per heavy atom. The summed E-state index contributed by atoms with van der Waals surface area (Å²) in [5, 5.41) is 8.51. The molecule has 1 N–H and O–H groups in total. The molecule has 1 fully saturated rings. The highest BCUT2D eigenvalue weighted by molar-refractivity contribution is 7.89. The molecule has 0 radical (unpaired) electrons. The topological polar surface area (TPSA) is 57.6 Å². The summed E-state index contributed by atoms with van der Waals surface area (Å²) in [4.78, 5) is 0. The van der Waals surface area contributed by atoms with Crippen LogP contribution in [0.5, 0.6) is 0 Å². The fourth-order valence-electron chi connectivity index (χ4n) is 1.48. The molecule has 0 unspecified atom stereocenters. The van der Waals surface area contributed by atoms with Crippen molar-refractivity contribution in [2.24, 2.45) is 5.92 Å². The van der Waals surface area contributed by atoms with E-state index in [-0.39, 0.29) is 17.8 Å². The number of nitrogens with zero attached hydrogens (tertiary/aromatic N) is 1. The van der Waals surface area contributed by atoms with Crippen LogP contribution in [0.4, 0.5) is 0 Å². The monoisotopic (exact) mass is 207 g/mol. The van der Waals surface area contributed by atoms with Crippen molar-refractivity contribution in [3.63, 3.8) is 0 Å². The van der Waals surface area contributed by atoms with Crippen LogP contribution < -0.4 is 0 Å². The molecule has 0 aromatic carbocycles. The summed E-state index contributed by atoms with van der Waals surface area (Å²) >= 11 is 0. The van der Waals surface area contributed by atoms with E-state index in [9.17, 15) is 8.42 Å². The normalized spacial score (nSPS) is 25.7. The van der Waals surface area contributed by atoms with E-state index in [4.69, 9.17) is 5.11 Å². The summed E-state index contributed by atoms with van der Waals surface area (Å²) in [7, 11) is -3.10. The van der Waals surface area contributed by atoms with Gasteiger partial charge in [0.25, 0.3) is 0 Å². The molecular formula is C8H17NO3S. The molecule has 1 aliphatic rings. The largest absolute Gasteiger partial charge is 0.396 e. The smallest absolute Gasteiger partial charge is 0.216 e. The van der Waals surface area contributed by atoms with E-state index < -0.39 is 10.0 Å². The molecule has 0 amide bonds. The average molecular weight is 207 g/mol. The molecule has 0 aromatic rings. The van der Waals surface area contributed by atoms with Crippen LogP contribution in [-0.2, 0) is 10.0 Å². The van der Waals surface area contributed by atoms with E-state index >= 15 is 0 Å². The van der Waals surface area contributed by atoms with Crippen LogP contribution in [0.2, 0.25) is 0 Å². The van der Waals surface area contributed by atoms with Gasteiger partial charge in [0.05, 0.1) is 5.25 Å². The zero-order valence-electron chi connectivity index (χ0n) is 8.10. The zero-order valence-corrected chi connectivity index (χ0v) is 8.92. The maximum absolute atomic E-state index is 11.6. The number of hydrogen-bond acceptors (Lipinski definition) is 3. The van der Waals surface area contributed by atoms with Crippen molar-refractivity contribution in [1.82, 2.24) is 4.31 Å². The first-order chi connectivity index (χ1) is 5.98. The van der Waals surface area contributed by atoms with Crippen LogP contribution >= 0.6 is 0 Å². The van der Waals surface area contributed by atoms with Crippen LogP contribution in [0.1, 0.15) is 20.3 Å². The Bertz CT molecular complexity index is 261. The lowest BCUT2D eigenvalue weighted by molar-refractivity contribution is 0.233. The fourth-order valence-corrected chi connectivity index (χ4v) is 2.85. The molecule has 0 aliphatic carbocycles. The maximum atomic E-state index is 11.6. The molecular weight excluding hydrogens is 190 g/mol. The van der Waals surface area contributed by atoms with Gasteiger partial charge in [0.2, 0.25) is 10.0 Å². The molecule has 5 heteroatoms. The SMILES string of the molecule is CC(C)S(=O)(=O)N1CC[C@H](CO)C1. The summed E-state index contributed by atoms with van der Waals surface area (Å²) in [5.41, 5.74) is 0. The second-order valence-corrected chi connectivity index (χ2v) is 6.28. The van der Waals surface area contributed by atoms with Crippen molar-refractivity contribution >= 4 is 10.0 Å². The first kappa shape index (κ1) is 10.9. The fraction of sp³-hybridized carbons (Fsp3) is 1.00. The molecule has 0 aromatic heterocycles. The predicted molar refractivity (Wildman–Crippen MR) is 50.8 cm³/mol. The van der Waals surface area contributed by atoms with Gasteiger partial charge in [-0.1, -0.05) is 0 Å². The molecule has 13 heavy (non-hydrogen) atoms. The summed E-state index contributed by atoms with van der Waals surface area (Å²) in [6.07, 6.45) is 0.780. The quantitative estimate of drug-likeness (QED) is 0.711. The van der Waals surface area contributed by atoms with Gasteiger partial charge in [-0.2, -0.15) is 0 Å². The van der Waals surface area contributed by atoms with Crippen molar-refractivity contribution in [1.29, 1.82) is 0 Å². The molecule has 0 bridgehead atoms. The first-order valence-electron chi connectivity index (χ1n) is 4.58. The van der Waals surface area contributed by atoms with E-state index in [2.05, 4.69) is 0 Å². The predicted octanol–water partition coefficient (Wildman–Crippen LogP) is 0.0388. The average Bonchev–Trinajstić information content (AvgIpc) is 2.51. The third kappa shape index (κ3) is 2.21. The van der Waals surface area contributed by atoms with Gasteiger partial charge in [-0.25, -0.2) is 12.7 Å². The van der Waals surface area contributed by atoms with Crippen LogP contribution in [0, 0.1) is 5.92 Å². The Kier molecular flexibility index (Phi) is 3.32. The summed E-state index contributed by atoms with van der Waals surface area (Å²) in [6, 6.07) is 0. The van der Waals surface area contributed by atoms with Gasteiger partial charge in [-0.15, -0.1) is 0 Å². The standard InChI is InChI=1S/C8H17NO3S/c1-7(2)13(11,12)9-4-3-8(5-9)6-10/h7-8,10H,3-6H2,1-2H3/t8-/m0/s1. The third-order valence-corrected chi connectivity index (χ3v) is 4.71. The summed E-state index contributed by atoms with van der Waals surface area (Å²) < 4.78 is 24.8. The highest BCUT2D eigenvalue weighted by Crippen LogP contribution is 2.20. The minimum absolute atomic E-state index is 0.0874. The van der Waals surface area contributed by atoms with Gasteiger partial charge in [0.1, 0.15) is 0 Å². The summed E-state index contributed by atoms with van der Waals surface area (Å²) in [6.45, 7) is 4.50. The van der Waals surface area contributed by atoms with Gasteiger partial charge in [0.15, 0.2) is 0 Å². The number of hydrogen-bond donors (Lipinski definition) is 1. The lowest BCUT2D eigenvalue weighted by Crippen LogP contribution is -2.34. The van der Waals surface area contributed by atoms with Crippen LogP contribution in [0.25, 0.3) is 0 Å². The van der Waals surface area contributed by atoms with E-state index in [0.29, 0.717) is 13.1 Å². The van der Waals surface area contributed by atoms with Crippen LogP contribution in [0.3, 0.4) is 0 Å². The van der Waals surface area contributed by atoms with Crippen molar-refractivity contribution in [3.8, 4) is 0 Å². The van der Waals surface area contributed by atoms with E-state index in [1.54, 1.807) is 13.8 Å².